The fourth-order valence-corrected chi connectivity index (χ4v) is 4.01. The van der Waals surface area contributed by atoms with Gasteiger partial charge in [0.1, 0.15) is 0 Å². The molecule has 0 unspecified atom stereocenters. The predicted octanol–water partition coefficient (Wildman–Crippen LogP) is 2.43. The van der Waals surface area contributed by atoms with Gasteiger partial charge in [0, 0.05) is 29.1 Å². The Balaban J connectivity index is 0.00000533. The Labute approximate surface area is 239 Å². The van der Waals surface area contributed by atoms with Crippen molar-refractivity contribution in [1.82, 2.24) is 5.32 Å². The van der Waals surface area contributed by atoms with Crippen molar-refractivity contribution in [2.24, 2.45) is 15.7 Å². The molecule has 0 spiro atoms. The van der Waals surface area contributed by atoms with Crippen LogP contribution >= 0.6 is 0 Å². The summed E-state index contributed by atoms with van der Waals surface area (Å²) in [5, 5.41) is 28.6. The Morgan fingerprint density at radius 1 is 0.923 bits per heavy atom. The molecule has 0 radical (unpaired) electrons. The van der Waals surface area contributed by atoms with Crippen LogP contribution in [0.25, 0.3) is 0 Å². The molecule has 3 N–H and O–H groups in total. The fraction of sp³-hybridized carbons (Fsp3) is 0.267. The number of carbonyl (C=O) groups is 2. The Hall–Kier alpha value is -3.81. The van der Waals surface area contributed by atoms with Crippen molar-refractivity contribution in [2.45, 2.75) is 51.2 Å². The van der Waals surface area contributed by atoms with Crippen LogP contribution in [0.3, 0.4) is 0 Å². The predicted molar refractivity (Wildman–Crippen MR) is 145 cm³/mol. The van der Waals surface area contributed by atoms with E-state index in [-0.39, 0.29) is 35.4 Å². The molecule has 39 heavy (non-hydrogen) atoms. The Bertz CT molecular complexity index is 1310. The van der Waals surface area contributed by atoms with Gasteiger partial charge < -0.3 is 26.1 Å². The topological polar surface area (TPSA) is 143 Å². The van der Waals surface area contributed by atoms with E-state index in [0.717, 1.165) is 5.56 Å². The molecule has 8 nitrogen and oxygen atoms in total. The third-order valence-corrected chi connectivity index (χ3v) is 6.06. The second kappa shape index (κ2) is 14.4. The van der Waals surface area contributed by atoms with Crippen molar-refractivity contribution < 1.29 is 36.3 Å². The summed E-state index contributed by atoms with van der Waals surface area (Å²) in [6.07, 6.45) is -0.269. The van der Waals surface area contributed by atoms with Gasteiger partial charge in [-0.1, -0.05) is 78.9 Å². The van der Waals surface area contributed by atoms with Crippen LogP contribution in [0.4, 0.5) is 5.69 Å². The number of nitrogens with zero attached hydrogens (tertiary/aromatic N) is 2. The van der Waals surface area contributed by atoms with Crippen LogP contribution in [0.2, 0.25) is 0 Å². The number of benzene rings is 3. The van der Waals surface area contributed by atoms with Crippen LogP contribution in [-0.4, -0.2) is 35.1 Å². The fourth-order valence-electron chi connectivity index (χ4n) is 4.01. The monoisotopic (exact) mass is 570 g/mol. The van der Waals surface area contributed by atoms with Crippen LogP contribution in [0, 0.1) is 0 Å². The zero-order chi connectivity index (χ0) is 27.7. The standard InChI is InChI=1S/C30H34N4O4.Ni/c1-20(21-12-6-4-7-13-21)34-30(2,3)29(38)33-24-17-11-10-16-23(24)27(22-14-8-5-9-15-22)32-25(28(36)37)18-19-26(31)35;/h4-17,20,25,34H,18-19H2,1-3H3,(H2,31,35)(H,33,38)(H,36,37);/q;+2/p-2/t20-,25+;/m0./s1. The molecule has 0 fully saturated rings. The van der Waals surface area contributed by atoms with Crippen molar-refractivity contribution in [3.8, 4) is 0 Å². The second-order valence-corrected chi connectivity index (χ2v) is 9.52. The number of nitrogens with one attached hydrogen (secondary N) is 1. The number of hydrogen-bond donors (Lipinski definition) is 2. The zero-order valence-corrected chi connectivity index (χ0v) is 23.1. The van der Waals surface area contributed by atoms with Crippen molar-refractivity contribution in [2.75, 3.05) is 0 Å². The van der Waals surface area contributed by atoms with Gasteiger partial charge >= 0.3 is 16.5 Å². The van der Waals surface area contributed by atoms with Crippen molar-refractivity contribution in [3.05, 3.63) is 102 Å². The van der Waals surface area contributed by atoms with Crippen LogP contribution in [0.1, 0.15) is 56.3 Å². The summed E-state index contributed by atoms with van der Waals surface area (Å²) in [6, 6.07) is 24.3. The third-order valence-electron chi connectivity index (χ3n) is 6.06. The van der Waals surface area contributed by atoms with E-state index in [1.165, 1.54) is 0 Å². The molecule has 0 heterocycles. The minimum absolute atomic E-state index is 0. The number of carboxylic acids is 1. The first-order valence-corrected chi connectivity index (χ1v) is 12.4. The maximum Gasteiger partial charge on any atom is 2.00 e. The summed E-state index contributed by atoms with van der Waals surface area (Å²) in [5.41, 5.74) is 7.03. The van der Waals surface area contributed by atoms with Gasteiger partial charge in [-0.3, -0.25) is 14.8 Å². The van der Waals surface area contributed by atoms with Crippen LogP contribution in [0.15, 0.2) is 94.9 Å². The van der Waals surface area contributed by atoms with Gasteiger partial charge in [-0.15, -0.1) is 0 Å². The van der Waals surface area contributed by atoms with Gasteiger partial charge in [0.2, 0.25) is 5.91 Å². The number of nitrogens with two attached hydrogens (primary N) is 1. The van der Waals surface area contributed by atoms with Crippen LogP contribution in [-0.2, 0) is 26.1 Å². The molecule has 0 aromatic heterocycles. The van der Waals surface area contributed by atoms with Gasteiger partial charge in [0.15, 0.2) is 0 Å². The van der Waals surface area contributed by atoms with E-state index in [1.54, 1.807) is 62.4 Å². The van der Waals surface area contributed by atoms with Gasteiger partial charge in [-0.25, -0.2) is 0 Å². The van der Waals surface area contributed by atoms with E-state index >= 15 is 0 Å². The number of para-hydroxylation sites is 1. The van der Waals surface area contributed by atoms with Gasteiger partial charge in [0.05, 0.1) is 23.4 Å². The molecule has 9 heteroatoms. The molecular weight excluding hydrogens is 539 g/mol. The number of aliphatic carboxylic acids is 1. The van der Waals surface area contributed by atoms with E-state index in [9.17, 15) is 19.8 Å². The minimum Gasteiger partial charge on any atom is -0.860 e. The Morgan fingerprint density at radius 3 is 2.08 bits per heavy atom. The summed E-state index contributed by atoms with van der Waals surface area (Å²) in [5.74, 6) is -2.45. The number of carboxylic acid groups (broad SMARTS) is 1. The molecule has 0 aliphatic heterocycles. The van der Waals surface area contributed by atoms with Crippen molar-refractivity contribution in [3.63, 3.8) is 0 Å². The van der Waals surface area contributed by atoms with E-state index in [4.69, 9.17) is 5.73 Å². The molecule has 2 atom stereocenters. The zero-order valence-electron chi connectivity index (χ0n) is 22.1. The summed E-state index contributed by atoms with van der Waals surface area (Å²) >= 11 is 0. The molecule has 3 aromatic carbocycles. The number of rotatable bonds is 12. The minimum atomic E-state index is -1.43. The van der Waals surface area contributed by atoms with Gasteiger partial charge in [0.25, 0.3) is 0 Å². The van der Waals surface area contributed by atoms with Gasteiger partial charge in [-0.05, 0) is 44.7 Å². The third kappa shape index (κ3) is 8.87. The molecule has 1 amide bonds. The maximum atomic E-state index is 13.4. The molecule has 3 aromatic rings. The number of carbonyl (C=O) groups excluding carboxylic acids is 2. The average Bonchev–Trinajstić information content (AvgIpc) is 2.89. The first-order valence-electron chi connectivity index (χ1n) is 12.4. The SMILES string of the molecule is C[C@H](NC(C)(C)C([O-])=Nc1ccccc1C(=N[C@H](CCC(N)=O)C(=O)[O-])c1ccccc1)c1ccccc1.[Ni+2]. The largest absolute Gasteiger partial charge is 2.00 e. The number of hydrogen-bond acceptors (Lipinski definition) is 7. The molecular formula is C30H32N4NiO4. The Morgan fingerprint density at radius 2 is 1.49 bits per heavy atom. The first kappa shape index (κ1) is 31.4. The summed E-state index contributed by atoms with van der Waals surface area (Å²) in [7, 11) is 0. The summed E-state index contributed by atoms with van der Waals surface area (Å²) in [6.45, 7) is 5.51. The Kier molecular flexibility index (Phi) is 11.6. The van der Waals surface area contributed by atoms with Crippen LogP contribution in [0.5, 0.6) is 0 Å². The van der Waals surface area contributed by atoms with E-state index in [1.807, 2.05) is 43.3 Å². The molecule has 0 saturated heterocycles. The number of amides is 1. The normalized spacial score (nSPS) is 13.7. The average molecular weight is 571 g/mol. The molecule has 0 aliphatic rings. The molecule has 206 valence electrons. The molecule has 0 saturated carbocycles. The molecule has 3 rings (SSSR count). The maximum absolute atomic E-state index is 13.4. The van der Waals surface area contributed by atoms with E-state index in [2.05, 4.69) is 15.3 Å². The quantitative estimate of drug-likeness (QED) is 0.195. The smallest absolute Gasteiger partial charge is 0.860 e. The van der Waals surface area contributed by atoms with Crippen molar-refractivity contribution >= 4 is 29.2 Å². The van der Waals surface area contributed by atoms with E-state index in [0.29, 0.717) is 22.5 Å². The first-order chi connectivity index (χ1) is 18.1. The van der Waals surface area contributed by atoms with Crippen molar-refractivity contribution in [1.29, 1.82) is 0 Å². The summed E-state index contributed by atoms with van der Waals surface area (Å²) in [4.78, 5) is 32.1. The molecule has 0 bridgehead atoms. The van der Waals surface area contributed by atoms with Gasteiger partial charge in [-0.2, -0.15) is 0 Å². The second-order valence-electron chi connectivity index (χ2n) is 9.52. The summed E-state index contributed by atoms with van der Waals surface area (Å²) < 4.78 is 0. The molecule has 0 aliphatic carbocycles. The number of aliphatic imine (C=N–C) groups is 2. The van der Waals surface area contributed by atoms with Crippen LogP contribution < -0.4 is 21.3 Å². The van der Waals surface area contributed by atoms with E-state index < -0.39 is 29.4 Å². The number of primary amides is 1.